The van der Waals surface area contributed by atoms with Crippen molar-refractivity contribution in [3.8, 4) is 0 Å². The Morgan fingerprint density at radius 1 is 1.40 bits per heavy atom. The molecule has 0 saturated carbocycles. The average molecular weight is 207 g/mol. The summed E-state index contributed by atoms with van der Waals surface area (Å²) in [6.07, 6.45) is 4.04. The van der Waals surface area contributed by atoms with Crippen molar-refractivity contribution in [2.75, 3.05) is 13.1 Å². The molecule has 2 rings (SSSR count). The van der Waals surface area contributed by atoms with Crippen molar-refractivity contribution in [2.45, 2.75) is 33.2 Å². The molecule has 0 aliphatic carbocycles. The highest BCUT2D eigenvalue weighted by molar-refractivity contribution is 5.76. The van der Waals surface area contributed by atoms with Crippen molar-refractivity contribution < 1.29 is 4.79 Å². The van der Waals surface area contributed by atoms with E-state index in [-0.39, 0.29) is 5.91 Å². The lowest BCUT2D eigenvalue weighted by Gasteiger charge is -2.15. The van der Waals surface area contributed by atoms with E-state index in [4.69, 9.17) is 0 Å². The van der Waals surface area contributed by atoms with Gasteiger partial charge in [0, 0.05) is 18.8 Å². The number of likely N-dealkylation sites (tertiary alicyclic amines) is 1. The van der Waals surface area contributed by atoms with Crippen LogP contribution >= 0.6 is 0 Å². The Bertz CT molecular complexity index is 364. The van der Waals surface area contributed by atoms with Crippen LogP contribution in [0.5, 0.6) is 0 Å². The van der Waals surface area contributed by atoms with Gasteiger partial charge in [-0.2, -0.15) is 0 Å². The third-order valence-corrected chi connectivity index (χ3v) is 3.11. The Morgan fingerprint density at radius 2 is 2.07 bits per heavy atom. The van der Waals surface area contributed by atoms with E-state index in [0.29, 0.717) is 6.54 Å². The van der Waals surface area contributed by atoms with E-state index in [2.05, 4.69) is 4.98 Å². The standard InChI is InChI=1S/C11H17N3O/c1-9-10(2)14(8-12-9)7-11(15)13-5-3-4-6-13/h8H,3-7H2,1-2H3. The van der Waals surface area contributed by atoms with Gasteiger partial charge in [-0.15, -0.1) is 0 Å². The van der Waals surface area contributed by atoms with Crippen LogP contribution in [0.4, 0.5) is 0 Å². The minimum absolute atomic E-state index is 0.216. The fourth-order valence-electron chi connectivity index (χ4n) is 1.92. The fraction of sp³-hybridized carbons (Fsp3) is 0.636. The van der Waals surface area contributed by atoms with Crippen LogP contribution in [0.2, 0.25) is 0 Å². The Kier molecular flexibility index (Phi) is 2.75. The van der Waals surface area contributed by atoms with Gasteiger partial charge in [-0.25, -0.2) is 4.98 Å². The number of amides is 1. The van der Waals surface area contributed by atoms with E-state index < -0.39 is 0 Å². The van der Waals surface area contributed by atoms with E-state index >= 15 is 0 Å². The van der Waals surface area contributed by atoms with Crippen LogP contribution in [0.1, 0.15) is 24.2 Å². The van der Waals surface area contributed by atoms with Gasteiger partial charge in [0.05, 0.1) is 12.0 Å². The number of rotatable bonds is 2. The van der Waals surface area contributed by atoms with Gasteiger partial charge >= 0.3 is 0 Å². The smallest absolute Gasteiger partial charge is 0.242 e. The SMILES string of the molecule is Cc1ncn(CC(=O)N2CCCC2)c1C. The van der Waals surface area contributed by atoms with Crippen LogP contribution in [0.15, 0.2) is 6.33 Å². The van der Waals surface area contributed by atoms with Crippen LogP contribution in [-0.4, -0.2) is 33.4 Å². The Morgan fingerprint density at radius 3 is 2.60 bits per heavy atom. The number of carbonyl (C=O) groups is 1. The zero-order chi connectivity index (χ0) is 10.8. The number of aromatic nitrogens is 2. The number of nitrogens with zero attached hydrogens (tertiary/aromatic N) is 3. The fourth-order valence-corrected chi connectivity index (χ4v) is 1.92. The summed E-state index contributed by atoms with van der Waals surface area (Å²) < 4.78 is 1.93. The van der Waals surface area contributed by atoms with E-state index in [9.17, 15) is 4.79 Å². The molecule has 0 unspecified atom stereocenters. The molecule has 0 atom stereocenters. The molecule has 15 heavy (non-hydrogen) atoms. The molecule has 0 N–H and O–H groups in total. The molecule has 82 valence electrons. The molecule has 1 aromatic heterocycles. The highest BCUT2D eigenvalue weighted by Gasteiger charge is 2.18. The number of hydrogen-bond acceptors (Lipinski definition) is 2. The molecule has 0 aromatic carbocycles. The molecule has 1 saturated heterocycles. The van der Waals surface area contributed by atoms with Crippen LogP contribution in [0.25, 0.3) is 0 Å². The topological polar surface area (TPSA) is 38.1 Å². The van der Waals surface area contributed by atoms with Gasteiger partial charge in [0.15, 0.2) is 0 Å². The van der Waals surface area contributed by atoms with Gasteiger partial charge in [0.1, 0.15) is 6.54 Å². The summed E-state index contributed by atoms with van der Waals surface area (Å²) in [4.78, 5) is 18.0. The Balaban J connectivity index is 2.02. The van der Waals surface area contributed by atoms with Crippen molar-refractivity contribution >= 4 is 5.91 Å². The zero-order valence-electron chi connectivity index (χ0n) is 9.36. The Labute approximate surface area is 89.9 Å². The maximum absolute atomic E-state index is 11.9. The minimum Gasteiger partial charge on any atom is -0.341 e. The number of aryl methyl sites for hydroxylation is 1. The Hall–Kier alpha value is -1.32. The van der Waals surface area contributed by atoms with Crippen LogP contribution in [0, 0.1) is 13.8 Å². The van der Waals surface area contributed by atoms with Crippen LogP contribution < -0.4 is 0 Å². The van der Waals surface area contributed by atoms with Gasteiger partial charge in [0.25, 0.3) is 0 Å². The van der Waals surface area contributed by atoms with Crippen molar-refractivity contribution in [1.82, 2.24) is 14.5 Å². The van der Waals surface area contributed by atoms with Crippen molar-refractivity contribution in [1.29, 1.82) is 0 Å². The summed E-state index contributed by atoms with van der Waals surface area (Å²) >= 11 is 0. The molecule has 1 aliphatic rings. The molecule has 2 heterocycles. The molecule has 4 heteroatoms. The minimum atomic E-state index is 0.216. The van der Waals surface area contributed by atoms with E-state index in [1.54, 1.807) is 6.33 Å². The molecule has 1 aliphatic heterocycles. The molecular formula is C11H17N3O. The first-order valence-electron chi connectivity index (χ1n) is 5.44. The van der Waals surface area contributed by atoms with Crippen LogP contribution in [-0.2, 0) is 11.3 Å². The summed E-state index contributed by atoms with van der Waals surface area (Å²) in [6.45, 7) is 6.25. The lowest BCUT2D eigenvalue weighted by molar-refractivity contribution is -0.130. The first-order valence-corrected chi connectivity index (χ1v) is 5.44. The third-order valence-electron chi connectivity index (χ3n) is 3.11. The first kappa shape index (κ1) is 10.2. The third kappa shape index (κ3) is 2.03. The maximum Gasteiger partial charge on any atom is 0.242 e. The summed E-state index contributed by atoms with van der Waals surface area (Å²) in [5, 5.41) is 0. The van der Waals surface area contributed by atoms with Crippen molar-refractivity contribution in [3.05, 3.63) is 17.7 Å². The second kappa shape index (κ2) is 4.04. The molecule has 0 radical (unpaired) electrons. The van der Waals surface area contributed by atoms with E-state index in [1.807, 2.05) is 23.3 Å². The molecular weight excluding hydrogens is 190 g/mol. The zero-order valence-corrected chi connectivity index (χ0v) is 9.36. The lowest BCUT2D eigenvalue weighted by atomic mass is 10.4. The summed E-state index contributed by atoms with van der Waals surface area (Å²) in [6, 6.07) is 0. The van der Waals surface area contributed by atoms with Gasteiger partial charge in [-0.1, -0.05) is 0 Å². The molecule has 4 nitrogen and oxygen atoms in total. The normalized spacial score (nSPS) is 16.0. The van der Waals surface area contributed by atoms with Gasteiger partial charge in [-0.05, 0) is 26.7 Å². The monoisotopic (exact) mass is 207 g/mol. The number of hydrogen-bond donors (Lipinski definition) is 0. The first-order chi connectivity index (χ1) is 7.18. The van der Waals surface area contributed by atoms with Gasteiger partial charge < -0.3 is 9.47 Å². The second-order valence-corrected chi connectivity index (χ2v) is 4.13. The molecule has 1 amide bonds. The summed E-state index contributed by atoms with van der Waals surface area (Å²) in [7, 11) is 0. The summed E-state index contributed by atoms with van der Waals surface area (Å²) in [5.41, 5.74) is 2.09. The van der Waals surface area contributed by atoms with Crippen molar-refractivity contribution in [2.24, 2.45) is 0 Å². The molecule has 1 aromatic rings. The lowest BCUT2D eigenvalue weighted by Crippen LogP contribution is -2.31. The van der Waals surface area contributed by atoms with E-state index in [1.165, 1.54) is 0 Å². The van der Waals surface area contributed by atoms with Gasteiger partial charge in [0.2, 0.25) is 5.91 Å². The quantitative estimate of drug-likeness (QED) is 0.729. The predicted octanol–water partition coefficient (Wildman–Crippen LogP) is 1.12. The van der Waals surface area contributed by atoms with E-state index in [0.717, 1.165) is 37.3 Å². The van der Waals surface area contributed by atoms with Crippen LogP contribution in [0.3, 0.4) is 0 Å². The second-order valence-electron chi connectivity index (χ2n) is 4.13. The number of carbonyl (C=O) groups excluding carboxylic acids is 1. The maximum atomic E-state index is 11.9. The highest BCUT2D eigenvalue weighted by Crippen LogP contribution is 2.10. The van der Waals surface area contributed by atoms with Crippen molar-refractivity contribution in [3.63, 3.8) is 0 Å². The average Bonchev–Trinajstić information content (AvgIpc) is 2.83. The molecule has 1 fully saturated rings. The summed E-state index contributed by atoms with van der Waals surface area (Å²) in [5.74, 6) is 0.216. The number of imidazole rings is 1. The predicted molar refractivity (Wildman–Crippen MR) is 57.5 cm³/mol. The molecule has 0 spiro atoms. The van der Waals surface area contributed by atoms with Gasteiger partial charge in [-0.3, -0.25) is 4.79 Å². The molecule has 0 bridgehead atoms. The highest BCUT2D eigenvalue weighted by atomic mass is 16.2. The largest absolute Gasteiger partial charge is 0.341 e.